The van der Waals surface area contributed by atoms with Crippen LogP contribution >= 0.6 is 11.6 Å². The van der Waals surface area contributed by atoms with Gasteiger partial charge in [0.05, 0.1) is 5.70 Å². The molecular formula is C16H25ClN4. The maximum Gasteiger partial charge on any atom is 0.202 e. The van der Waals surface area contributed by atoms with Gasteiger partial charge in [0.2, 0.25) is 5.96 Å². The summed E-state index contributed by atoms with van der Waals surface area (Å²) in [5.41, 5.74) is 0.838. The number of rotatable bonds is 3. The van der Waals surface area contributed by atoms with Crippen LogP contribution in [-0.2, 0) is 0 Å². The first-order chi connectivity index (χ1) is 10.2. The third-order valence-electron chi connectivity index (χ3n) is 4.12. The first kappa shape index (κ1) is 16.1. The van der Waals surface area contributed by atoms with Gasteiger partial charge in [-0.1, -0.05) is 44.4 Å². The number of allylic oxidation sites excluding steroid dienone is 2. The van der Waals surface area contributed by atoms with Crippen LogP contribution in [0, 0.1) is 11.3 Å². The van der Waals surface area contributed by atoms with Gasteiger partial charge in [-0.3, -0.25) is 10.3 Å². The molecule has 0 saturated carbocycles. The average molecular weight is 309 g/mol. The number of piperidine rings is 1. The van der Waals surface area contributed by atoms with Crippen molar-refractivity contribution in [1.29, 1.82) is 5.41 Å². The number of guanidine groups is 1. The molecule has 1 fully saturated rings. The van der Waals surface area contributed by atoms with Gasteiger partial charge in [0.25, 0.3) is 0 Å². The standard InChI is InChI=1S/C16H25ClN4/c1-3-5-8-14-15(17)19-9-11-21(14)16(18)20-10-6-7-13(4-2)12-20/h8-9,11,13,18H,3-7,10,12H2,1-2H3/b14-8+,18-16?. The zero-order chi connectivity index (χ0) is 15.2. The van der Waals surface area contributed by atoms with Gasteiger partial charge in [-0.05, 0) is 25.2 Å². The van der Waals surface area contributed by atoms with Crippen LogP contribution in [0.25, 0.3) is 0 Å². The van der Waals surface area contributed by atoms with Gasteiger partial charge in [-0.15, -0.1) is 0 Å². The van der Waals surface area contributed by atoms with Crippen LogP contribution in [0.5, 0.6) is 0 Å². The second-order valence-electron chi connectivity index (χ2n) is 5.65. The van der Waals surface area contributed by atoms with Gasteiger partial charge in [0.15, 0.2) is 5.17 Å². The number of nitrogens with one attached hydrogen (secondary N) is 1. The lowest BCUT2D eigenvalue weighted by molar-refractivity contribution is 0.237. The molecule has 1 N–H and O–H groups in total. The minimum absolute atomic E-state index is 0.472. The van der Waals surface area contributed by atoms with E-state index in [1.807, 2.05) is 11.1 Å². The van der Waals surface area contributed by atoms with E-state index < -0.39 is 0 Å². The summed E-state index contributed by atoms with van der Waals surface area (Å²) in [4.78, 5) is 8.18. The summed E-state index contributed by atoms with van der Waals surface area (Å²) in [6, 6.07) is 0. The van der Waals surface area contributed by atoms with Crippen LogP contribution in [0.15, 0.2) is 29.2 Å². The smallest absolute Gasteiger partial charge is 0.202 e. The Hall–Kier alpha value is -1.29. The zero-order valence-electron chi connectivity index (χ0n) is 13.0. The monoisotopic (exact) mass is 308 g/mol. The highest BCUT2D eigenvalue weighted by Crippen LogP contribution is 2.23. The van der Waals surface area contributed by atoms with Crippen molar-refractivity contribution in [3.05, 3.63) is 24.2 Å². The highest BCUT2D eigenvalue weighted by atomic mass is 35.5. The van der Waals surface area contributed by atoms with E-state index >= 15 is 0 Å². The number of aliphatic imine (C=N–C) groups is 1. The van der Waals surface area contributed by atoms with Crippen LogP contribution in [0.1, 0.15) is 46.0 Å². The van der Waals surface area contributed by atoms with E-state index in [2.05, 4.69) is 29.8 Å². The molecule has 1 atom stereocenters. The molecule has 0 radical (unpaired) electrons. The fraction of sp³-hybridized carbons (Fsp3) is 0.625. The van der Waals surface area contributed by atoms with Crippen molar-refractivity contribution < 1.29 is 0 Å². The molecular weight excluding hydrogens is 284 g/mol. The molecule has 2 aliphatic rings. The molecule has 4 nitrogen and oxygen atoms in total. The van der Waals surface area contributed by atoms with Crippen LogP contribution in [0.4, 0.5) is 0 Å². The van der Waals surface area contributed by atoms with E-state index in [1.165, 1.54) is 12.8 Å². The molecule has 0 spiro atoms. The number of nitrogens with zero attached hydrogens (tertiary/aromatic N) is 3. The van der Waals surface area contributed by atoms with E-state index in [0.29, 0.717) is 17.0 Å². The molecule has 5 heteroatoms. The second kappa shape index (κ2) is 7.64. The van der Waals surface area contributed by atoms with E-state index in [-0.39, 0.29) is 0 Å². The van der Waals surface area contributed by atoms with Gasteiger partial charge in [-0.2, -0.15) is 0 Å². The Kier molecular flexibility index (Phi) is 5.85. The molecule has 21 heavy (non-hydrogen) atoms. The molecule has 0 aromatic carbocycles. The van der Waals surface area contributed by atoms with Gasteiger partial charge in [-0.25, -0.2) is 4.99 Å². The highest BCUT2D eigenvalue weighted by Gasteiger charge is 2.26. The fourth-order valence-electron chi connectivity index (χ4n) is 2.80. The lowest BCUT2D eigenvalue weighted by Gasteiger charge is -2.38. The third-order valence-corrected chi connectivity index (χ3v) is 4.42. The van der Waals surface area contributed by atoms with Crippen LogP contribution in [0.2, 0.25) is 0 Å². The van der Waals surface area contributed by atoms with Crippen LogP contribution < -0.4 is 0 Å². The van der Waals surface area contributed by atoms with Crippen molar-refractivity contribution >= 4 is 22.7 Å². The molecule has 0 bridgehead atoms. The summed E-state index contributed by atoms with van der Waals surface area (Å²) in [7, 11) is 0. The lowest BCUT2D eigenvalue weighted by Crippen LogP contribution is -2.46. The van der Waals surface area contributed by atoms with Crippen molar-refractivity contribution in [2.24, 2.45) is 10.9 Å². The summed E-state index contributed by atoms with van der Waals surface area (Å²) in [5, 5.41) is 9.02. The van der Waals surface area contributed by atoms with Crippen molar-refractivity contribution in [3.8, 4) is 0 Å². The van der Waals surface area contributed by atoms with E-state index in [0.717, 1.165) is 38.0 Å². The highest BCUT2D eigenvalue weighted by molar-refractivity contribution is 6.69. The summed E-state index contributed by atoms with van der Waals surface area (Å²) in [5.74, 6) is 1.21. The van der Waals surface area contributed by atoms with Crippen molar-refractivity contribution in [2.45, 2.75) is 46.0 Å². The minimum atomic E-state index is 0.472. The summed E-state index contributed by atoms with van der Waals surface area (Å²) < 4.78 is 0. The molecule has 0 aromatic heterocycles. The normalized spacial score (nSPS) is 24.4. The fourth-order valence-corrected chi connectivity index (χ4v) is 3.03. The predicted molar refractivity (Wildman–Crippen MR) is 89.6 cm³/mol. The topological polar surface area (TPSA) is 42.7 Å². The van der Waals surface area contributed by atoms with Crippen LogP contribution in [-0.4, -0.2) is 34.0 Å². The molecule has 0 aromatic rings. The quantitative estimate of drug-likeness (QED) is 0.628. The first-order valence-corrected chi connectivity index (χ1v) is 8.28. The number of likely N-dealkylation sites (tertiary alicyclic amines) is 1. The Morgan fingerprint density at radius 3 is 3.05 bits per heavy atom. The summed E-state index contributed by atoms with van der Waals surface area (Å²) in [6.45, 7) is 6.28. The molecule has 2 aliphatic heterocycles. The SMILES string of the molecule is CCC/C=C1\C(Cl)=NC=CN1C(=N)N1CCCC(CC)C1. The van der Waals surface area contributed by atoms with E-state index in [1.54, 1.807) is 6.20 Å². The molecule has 0 amide bonds. The van der Waals surface area contributed by atoms with Crippen LogP contribution in [0.3, 0.4) is 0 Å². The van der Waals surface area contributed by atoms with Gasteiger partial charge in [0, 0.05) is 25.5 Å². The number of hydrogen-bond donors (Lipinski definition) is 1. The Morgan fingerprint density at radius 1 is 1.52 bits per heavy atom. The maximum absolute atomic E-state index is 8.54. The molecule has 2 rings (SSSR count). The Balaban J connectivity index is 2.13. The minimum Gasteiger partial charge on any atom is -0.342 e. The number of hydrogen-bond acceptors (Lipinski definition) is 2. The largest absolute Gasteiger partial charge is 0.342 e. The predicted octanol–water partition coefficient (Wildman–Crippen LogP) is 4.15. The van der Waals surface area contributed by atoms with Crippen molar-refractivity contribution in [3.63, 3.8) is 0 Å². The number of halogens is 1. The Labute approximate surface area is 132 Å². The molecule has 2 heterocycles. The Bertz CT molecular complexity index is 467. The average Bonchev–Trinajstić information content (AvgIpc) is 2.53. The van der Waals surface area contributed by atoms with Gasteiger partial charge >= 0.3 is 0 Å². The molecule has 1 unspecified atom stereocenters. The van der Waals surface area contributed by atoms with Crippen molar-refractivity contribution in [2.75, 3.05) is 13.1 Å². The second-order valence-corrected chi connectivity index (χ2v) is 6.01. The maximum atomic E-state index is 8.54. The first-order valence-electron chi connectivity index (χ1n) is 7.90. The number of unbranched alkanes of at least 4 members (excludes halogenated alkanes) is 1. The van der Waals surface area contributed by atoms with E-state index in [4.69, 9.17) is 17.0 Å². The summed E-state index contributed by atoms with van der Waals surface area (Å²) >= 11 is 6.23. The van der Waals surface area contributed by atoms with Gasteiger partial charge in [0.1, 0.15) is 0 Å². The molecule has 1 saturated heterocycles. The Morgan fingerprint density at radius 2 is 2.33 bits per heavy atom. The van der Waals surface area contributed by atoms with Crippen molar-refractivity contribution in [1.82, 2.24) is 9.80 Å². The van der Waals surface area contributed by atoms with E-state index in [9.17, 15) is 0 Å². The zero-order valence-corrected chi connectivity index (χ0v) is 13.7. The summed E-state index contributed by atoms with van der Waals surface area (Å²) in [6.07, 6.45) is 11.2. The molecule has 116 valence electrons. The third kappa shape index (κ3) is 3.88. The van der Waals surface area contributed by atoms with Gasteiger partial charge < -0.3 is 4.90 Å². The molecule has 0 aliphatic carbocycles. The lowest BCUT2D eigenvalue weighted by atomic mass is 9.96.